The van der Waals surface area contributed by atoms with Crippen molar-refractivity contribution in [1.82, 2.24) is 30.1 Å². The van der Waals surface area contributed by atoms with E-state index in [9.17, 15) is 22.8 Å². The van der Waals surface area contributed by atoms with E-state index in [0.717, 1.165) is 44.3 Å². The Morgan fingerprint density at radius 3 is 2.21 bits per heavy atom. The molecule has 57 heavy (non-hydrogen) atoms. The third-order valence-corrected chi connectivity index (χ3v) is 8.77. The molecule has 0 radical (unpaired) electrons. The van der Waals surface area contributed by atoms with E-state index in [1.54, 1.807) is 54.1 Å². The molecule has 7 rings (SSSR count). The predicted molar refractivity (Wildman–Crippen MR) is 210 cm³/mol. The largest absolute Gasteiger partial charge is 2.00 e. The topological polar surface area (TPSA) is 153 Å². The van der Waals surface area contributed by atoms with Gasteiger partial charge in [0.15, 0.2) is 0 Å². The van der Waals surface area contributed by atoms with E-state index >= 15 is 0 Å². The number of isothiocyanates is 1. The van der Waals surface area contributed by atoms with Crippen molar-refractivity contribution >= 4 is 52.6 Å². The van der Waals surface area contributed by atoms with E-state index < -0.39 is 11.9 Å². The van der Waals surface area contributed by atoms with Gasteiger partial charge in [0.25, 0.3) is 12.9 Å². The van der Waals surface area contributed by atoms with Gasteiger partial charge in [0.1, 0.15) is 17.2 Å². The van der Waals surface area contributed by atoms with E-state index in [1.807, 2.05) is 37.3 Å². The number of halogens is 3. The van der Waals surface area contributed by atoms with Gasteiger partial charge in [-0.15, -0.1) is 11.3 Å². The number of rotatable bonds is 10. The normalized spacial score (nSPS) is 10.6. The molecule has 0 atom stereocenters. The number of thiophene rings is 1. The molecule has 0 aliphatic carbocycles. The van der Waals surface area contributed by atoms with Gasteiger partial charge in [0, 0.05) is 57.5 Å². The molecule has 11 nitrogen and oxygen atoms in total. The first kappa shape index (κ1) is 43.9. The molecule has 0 saturated carbocycles. The summed E-state index contributed by atoms with van der Waals surface area (Å²) in [5.41, 5.74) is 4.72. The van der Waals surface area contributed by atoms with Crippen molar-refractivity contribution in [3.8, 4) is 56.0 Å². The summed E-state index contributed by atoms with van der Waals surface area (Å²) in [6, 6.07) is 23.0. The van der Waals surface area contributed by atoms with Crippen LogP contribution in [0.5, 0.6) is 11.5 Å². The third-order valence-electron chi connectivity index (χ3n) is 7.72. The second-order valence-electron chi connectivity index (χ2n) is 12.2. The number of pyridine rings is 4. The Morgan fingerprint density at radius 1 is 0.860 bits per heavy atom. The van der Waals surface area contributed by atoms with Crippen LogP contribution in [-0.2, 0) is 41.7 Å². The van der Waals surface area contributed by atoms with Gasteiger partial charge in [-0.05, 0) is 85.0 Å². The van der Waals surface area contributed by atoms with Crippen LogP contribution >= 0.6 is 23.6 Å². The number of ether oxygens (including phenoxy) is 2. The average molecular weight is 895 g/mol. The smallest absolute Gasteiger partial charge is 0.753 e. The number of hydrogen-bond acceptors (Lipinski definition) is 11. The molecule has 1 aromatic carbocycles. The minimum atomic E-state index is -4.49. The molecule has 0 unspecified atom stereocenters. The van der Waals surface area contributed by atoms with Gasteiger partial charge >= 0.3 is 25.7 Å². The molecule has 7 aromatic rings. The summed E-state index contributed by atoms with van der Waals surface area (Å²) in [6.07, 6.45) is 1.22. The molecule has 0 spiro atoms. The summed E-state index contributed by atoms with van der Waals surface area (Å²) in [7, 11) is 0. The third kappa shape index (κ3) is 11.8. The molecular formula is C40H30F3N7O4RuS2. The van der Waals surface area contributed by atoms with Crippen LogP contribution in [-0.4, -0.2) is 43.1 Å². The van der Waals surface area contributed by atoms with Crippen molar-refractivity contribution in [3.63, 3.8) is 0 Å². The Bertz CT molecular complexity index is 2500. The molecule has 0 amide bonds. The molecule has 0 fully saturated rings. The minimum Gasteiger partial charge on any atom is -0.753 e. The van der Waals surface area contributed by atoms with Crippen LogP contribution in [0.3, 0.4) is 0 Å². The number of hydrogen-bond donors (Lipinski definition) is 0. The maximum absolute atomic E-state index is 12.5. The first-order valence-corrected chi connectivity index (χ1v) is 17.8. The quantitative estimate of drug-likeness (QED) is 0.0559. The summed E-state index contributed by atoms with van der Waals surface area (Å²) in [4.78, 5) is 41.7. The number of benzene rings is 1. The van der Waals surface area contributed by atoms with E-state index in [0.29, 0.717) is 53.1 Å². The average Bonchev–Trinajstić information content (AvgIpc) is 3.86. The molecule has 0 saturated heterocycles. The molecule has 0 bridgehead atoms. The van der Waals surface area contributed by atoms with Crippen molar-refractivity contribution in [2.45, 2.75) is 33.4 Å². The number of nitrogens with zero attached hydrogens (tertiary/aromatic N) is 7. The maximum atomic E-state index is 12.5. The first-order chi connectivity index (χ1) is 26.9. The maximum Gasteiger partial charge on any atom is 2.00 e. The number of alkyl halides is 3. The Kier molecular flexibility index (Phi) is 15.7. The Balaban J connectivity index is 0.000000249. The molecule has 0 aliphatic heterocycles. The van der Waals surface area contributed by atoms with Crippen LogP contribution in [0.2, 0.25) is 0 Å². The number of carbonyl (C=O) groups is 2. The number of aromatic nitrogens is 6. The van der Waals surface area contributed by atoms with E-state index in [-0.39, 0.29) is 25.2 Å². The monoisotopic (exact) mass is 895 g/mol. The van der Waals surface area contributed by atoms with Crippen molar-refractivity contribution in [1.29, 1.82) is 0 Å². The summed E-state index contributed by atoms with van der Waals surface area (Å²) >= 11 is 5.31. The number of fused-ring (bicyclic) bond motifs is 1. The molecule has 0 N–H and O–H groups in total. The van der Waals surface area contributed by atoms with Gasteiger partial charge in [0.05, 0.1) is 28.3 Å². The van der Waals surface area contributed by atoms with Crippen LogP contribution < -0.4 is 14.6 Å². The van der Waals surface area contributed by atoms with Crippen molar-refractivity contribution in [2.75, 3.05) is 0 Å². The molecule has 290 valence electrons. The fourth-order valence-corrected chi connectivity index (χ4v) is 6.35. The van der Waals surface area contributed by atoms with Gasteiger partial charge in [-0.1, -0.05) is 37.8 Å². The van der Waals surface area contributed by atoms with Gasteiger partial charge in [-0.2, -0.15) is 18.3 Å². The van der Waals surface area contributed by atoms with Crippen molar-refractivity contribution in [2.24, 2.45) is 5.92 Å². The Hall–Kier alpha value is -5.86. The molecule has 6 aromatic heterocycles. The predicted octanol–water partition coefficient (Wildman–Crippen LogP) is 9.44. The number of thiocarbonyl (C=S) groups is 1. The van der Waals surface area contributed by atoms with Crippen molar-refractivity contribution in [3.05, 3.63) is 119 Å². The van der Waals surface area contributed by atoms with E-state index in [2.05, 4.69) is 63.3 Å². The zero-order valence-electron chi connectivity index (χ0n) is 30.2. The van der Waals surface area contributed by atoms with Crippen LogP contribution in [0.4, 0.5) is 13.2 Å². The second kappa shape index (κ2) is 20.3. The van der Waals surface area contributed by atoms with Gasteiger partial charge < -0.3 is 25.1 Å². The number of aryl methyl sites for hydroxylation is 1. The Labute approximate surface area is 347 Å². The molecular weight excluding hydrogens is 865 g/mol. The second-order valence-corrected chi connectivity index (χ2v) is 13.7. The SMILES string of the molecule is CC(C)Cc1cc(-c2cc(OC=O)cc(-c3cc(OC=O)ccn3)n2)c2ncccc2c1.Cc1ccc(-c2ccnc(-c3cc(C(F)(F)F)n[n-]3)c2)s1.[N-]=C=S.[Ru+2]. The summed E-state index contributed by atoms with van der Waals surface area (Å²) in [5.74, 6) is 1.14. The zero-order valence-corrected chi connectivity index (χ0v) is 33.6. The molecule has 17 heteroatoms. The van der Waals surface area contributed by atoms with Gasteiger partial charge in [0.2, 0.25) is 0 Å². The first-order valence-electron chi connectivity index (χ1n) is 16.6. The summed E-state index contributed by atoms with van der Waals surface area (Å²) in [5, 5.41) is 16.2. The standard InChI is InChI=1S/C25H21N3O4.C14H9F3N3S.CNS.Ru/c1-16(2)8-17-9-18-4-3-6-27-25(18)21(10-17)22-12-20(32-15-30)13-24(28-22)23-11-19(31-14-29)5-7-26-23;1-8-2-3-12(21-8)9-4-5-18-10(6-9)11-7-13(20-19-11)14(15,16)17;2-1-3;/h3-7,9-16H,8H2,1-2H3;2-7H,1H3;;/q;2*-1;+2. The van der Waals surface area contributed by atoms with Crippen molar-refractivity contribution < 1.29 is 51.7 Å². The fraction of sp³-hybridized carbons (Fsp3) is 0.150. The van der Waals surface area contributed by atoms with Crippen LogP contribution in [0, 0.1) is 12.8 Å². The van der Waals surface area contributed by atoms with E-state index in [4.69, 9.17) is 19.9 Å². The number of carbonyl (C=O) groups excluding carboxylic acids is 2. The molecule has 6 heterocycles. The fourth-order valence-electron chi connectivity index (χ4n) is 5.49. The summed E-state index contributed by atoms with van der Waals surface area (Å²) in [6.45, 7) is 7.05. The molecule has 0 aliphatic rings. The van der Waals surface area contributed by atoms with Crippen LogP contribution in [0.15, 0.2) is 97.5 Å². The minimum absolute atomic E-state index is 0. The zero-order chi connectivity index (χ0) is 40.2. The Morgan fingerprint density at radius 2 is 1.54 bits per heavy atom. The van der Waals surface area contributed by atoms with E-state index in [1.165, 1.54) is 16.9 Å². The summed E-state index contributed by atoms with van der Waals surface area (Å²) < 4.78 is 47.7. The van der Waals surface area contributed by atoms with Gasteiger partial charge in [-0.3, -0.25) is 24.5 Å². The van der Waals surface area contributed by atoms with Gasteiger partial charge in [-0.25, -0.2) is 4.98 Å². The van der Waals surface area contributed by atoms with Crippen LogP contribution in [0.1, 0.15) is 30.0 Å². The van der Waals surface area contributed by atoms with Crippen LogP contribution in [0.25, 0.3) is 60.8 Å².